The normalized spacial score (nSPS) is 11.2. The van der Waals surface area contributed by atoms with Crippen molar-refractivity contribution in [2.75, 3.05) is 11.9 Å². The van der Waals surface area contributed by atoms with Crippen molar-refractivity contribution in [1.82, 2.24) is 10.3 Å². The fourth-order valence-corrected chi connectivity index (χ4v) is 4.06. The van der Waals surface area contributed by atoms with Gasteiger partial charge in [0, 0.05) is 30.7 Å². The van der Waals surface area contributed by atoms with Gasteiger partial charge in [0.05, 0.1) is 16.4 Å². The smallest absolute Gasteiger partial charge is 0.319 e. The molecule has 0 aliphatic carbocycles. The summed E-state index contributed by atoms with van der Waals surface area (Å²) in [6, 6.07) is 12.2. The molecule has 0 spiro atoms. The maximum atomic E-state index is 14.0. The molecule has 1 aromatic heterocycles. The lowest BCUT2D eigenvalue weighted by Gasteiger charge is -2.12. The van der Waals surface area contributed by atoms with Crippen LogP contribution in [0.2, 0.25) is 0 Å². The Morgan fingerprint density at radius 3 is 2.50 bits per heavy atom. The summed E-state index contributed by atoms with van der Waals surface area (Å²) in [5.41, 5.74) is 1.25. The van der Waals surface area contributed by atoms with Crippen molar-refractivity contribution < 1.29 is 22.3 Å². The standard InChI is InChI=1S/C23H24FN3O4S/c1-16(2)15-31-20-10-18(24)11-22(12-20)32(29,30)21-7-5-19(6-8-21)27-23(28)26-14-17-4-3-9-25-13-17/h3-13,16H,14-15H2,1-2H3,(H2,26,27,28). The largest absolute Gasteiger partial charge is 0.493 e. The predicted octanol–water partition coefficient (Wildman–Crippen LogP) is 4.41. The van der Waals surface area contributed by atoms with Crippen LogP contribution in [-0.4, -0.2) is 26.0 Å². The number of benzene rings is 2. The summed E-state index contributed by atoms with van der Waals surface area (Å²) in [5, 5.41) is 5.32. The molecule has 0 radical (unpaired) electrons. The molecular weight excluding hydrogens is 433 g/mol. The molecule has 7 nitrogen and oxygen atoms in total. The SMILES string of the molecule is CC(C)COc1cc(F)cc(S(=O)(=O)c2ccc(NC(=O)NCc3cccnc3)cc2)c1. The highest BCUT2D eigenvalue weighted by Gasteiger charge is 2.20. The number of pyridine rings is 1. The molecule has 2 N–H and O–H groups in total. The van der Waals surface area contributed by atoms with Crippen molar-refractivity contribution in [3.8, 4) is 5.75 Å². The van der Waals surface area contributed by atoms with Crippen LogP contribution in [0.5, 0.6) is 5.75 Å². The molecule has 3 rings (SSSR count). The van der Waals surface area contributed by atoms with Gasteiger partial charge in [0.2, 0.25) is 9.84 Å². The number of aromatic nitrogens is 1. The number of carbonyl (C=O) groups excluding carboxylic acids is 1. The zero-order valence-corrected chi connectivity index (χ0v) is 18.5. The van der Waals surface area contributed by atoms with Gasteiger partial charge in [0.25, 0.3) is 0 Å². The van der Waals surface area contributed by atoms with E-state index in [1.165, 1.54) is 30.3 Å². The van der Waals surface area contributed by atoms with Crippen LogP contribution in [0.1, 0.15) is 19.4 Å². The zero-order valence-electron chi connectivity index (χ0n) is 17.7. The fourth-order valence-electron chi connectivity index (χ4n) is 2.75. The van der Waals surface area contributed by atoms with Crippen molar-refractivity contribution >= 4 is 21.6 Å². The summed E-state index contributed by atoms with van der Waals surface area (Å²) in [6.45, 7) is 4.51. The van der Waals surface area contributed by atoms with E-state index in [1.807, 2.05) is 19.9 Å². The number of anilines is 1. The average molecular weight is 458 g/mol. The van der Waals surface area contributed by atoms with E-state index in [0.29, 0.717) is 18.8 Å². The third-order valence-corrected chi connectivity index (χ3v) is 6.09. The summed E-state index contributed by atoms with van der Waals surface area (Å²) in [6.07, 6.45) is 3.29. The first-order chi connectivity index (χ1) is 15.2. The van der Waals surface area contributed by atoms with Crippen molar-refractivity contribution in [3.05, 3.63) is 78.4 Å². The van der Waals surface area contributed by atoms with Gasteiger partial charge in [-0.05, 0) is 53.9 Å². The monoisotopic (exact) mass is 457 g/mol. The van der Waals surface area contributed by atoms with Crippen LogP contribution < -0.4 is 15.4 Å². The van der Waals surface area contributed by atoms with Crippen molar-refractivity contribution in [2.45, 2.75) is 30.2 Å². The van der Waals surface area contributed by atoms with E-state index in [9.17, 15) is 17.6 Å². The highest BCUT2D eigenvalue weighted by Crippen LogP contribution is 2.27. The average Bonchev–Trinajstić information content (AvgIpc) is 2.77. The Labute approximate surface area is 186 Å². The highest BCUT2D eigenvalue weighted by atomic mass is 32.2. The molecule has 168 valence electrons. The molecule has 0 atom stereocenters. The first kappa shape index (κ1) is 23.2. The van der Waals surface area contributed by atoms with Gasteiger partial charge in [-0.1, -0.05) is 19.9 Å². The number of ether oxygens (including phenoxy) is 1. The van der Waals surface area contributed by atoms with E-state index in [2.05, 4.69) is 15.6 Å². The van der Waals surface area contributed by atoms with Crippen molar-refractivity contribution in [2.24, 2.45) is 5.92 Å². The third-order valence-electron chi connectivity index (χ3n) is 4.34. The van der Waals surface area contributed by atoms with Gasteiger partial charge in [-0.25, -0.2) is 17.6 Å². The van der Waals surface area contributed by atoms with Crippen LogP contribution >= 0.6 is 0 Å². The van der Waals surface area contributed by atoms with E-state index in [4.69, 9.17) is 4.74 Å². The third kappa shape index (κ3) is 6.27. The van der Waals surface area contributed by atoms with Crippen LogP contribution in [0.4, 0.5) is 14.9 Å². The minimum absolute atomic E-state index is 0.0285. The van der Waals surface area contributed by atoms with Gasteiger partial charge in [0.1, 0.15) is 11.6 Å². The number of carbonyl (C=O) groups is 1. The van der Waals surface area contributed by atoms with E-state index in [1.54, 1.807) is 18.5 Å². The Bertz CT molecular complexity index is 1170. The van der Waals surface area contributed by atoms with Gasteiger partial charge < -0.3 is 15.4 Å². The molecule has 0 aliphatic rings. The number of rotatable bonds is 8. The molecule has 0 fully saturated rings. The first-order valence-corrected chi connectivity index (χ1v) is 11.4. The van der Waals surface area contributed by atoms with E-state index in [-0.39, 0.29) is 21.5 Å². The molecule has 9 heteroatoms. The Morgan fingerprint density at radius 2 is 1.84 bits per heavy atom. The summed E-state index contributed by atoms with van der Waals surface area (Å²) in [7, 11) is -3.97. The van der Waals surface area contributed by atoms with E-state index < -0.39 is 21.7 Å². The second-order valence-electron chi connectivity index (χ2n) is 7.52. The maximum Gasteiger partial charge on any atom is 0.319 e. The topological polar surface area (TPSA) is 97.4 Å². The number of sulfone groups is 1. The Kier molecular flexibility index (Phi) is 7.42. The maximum absolute atomic E-state index is 14.0. The van der Waals surface area contributed by atoms with Crippen LogP contribution in [0.3, 0.4) is 0 Å². The van der Waals surface area contributed by atoms with E-state index in [0.717, 1.165) is 17.7 Å². The molecule has 2 amide bonds. The Morgan fingerprint density at radius 1 is 1.09 bits per heavy atom. The minimum Gasteiger partial charge on any atom is -0.493 e. The molecule has 1 heterocycles. The summed E-state index contributed by atoms with van der Waals surface area (Å²) in [5.74, 6) is -0.339. The molecule has 0 aliphatic heterocycles. The van der Waals surface area contributed by atoms with Crippen molar-refractivity contribution in [3.63, 3.8) is 0 Å². The minimum atomic E-state index is -3.97. The number of nitrogens with one attached hydrogen (secondary N) is 2. The van der Waals surface area contributed by atoms with Crippen LogP contribution in [0.25, 0.3) is 0 Å². The lowest BCUT2D eigenvalue weighted by Crippen LogP contribution is -2.28. The van der Waals surface area contributed by atoms with Crippen molar-refractivity contribution in [1.29, 1.82) is 0 Å². The van der Waals surface area contributed by atoms with Crippen LogP contribution in [-0.2, 0) is 16.4 Å². The quantitative estimate of drug-likeness (QED) is 0.522. The summed E-state index contributed by atoms with van der Waals surface area (Å²) in [4.78, 5) is 15.8. The Hall–Kier alpha value is -3.46. The fraction of sp³-hybridized carbons (Fsp3) is 0.217. The molecular formula is C23H24FN3O4S. The summed E-state index contributed by atoms with van der Waals surface area (Å²) >= 11 is 0. The van der Waals surface area contributed by atoms with E-state index >= 15 is 0 Å². The van der Waals surface area contributed by atoms with Crippen LogP contribution in [0.15, 0.2) is 76.8 Å². The van der Waals surface area contributed by atoms with Crippen LogP contribution in [0, 0.1) is 11.7 Å². The molecule has 2 aromatic carbocycles. The lowest BCUT2D eigenvalue weighted by molar-refractivity contribution is 0.251. The molecule has 3 aromatic rings. The molecule has 0 saturated heterocycles. The van der Waals surface area contributed by atoms with Gasteiger partial charge in [0.15, 0.2) is 0 Å². The number of amides is 2. The molecule has 32 heavy (non-hydrogen) atoms. The number of hydrogen-bond donors (Lipinski definition) is 2. The zero-order chi connectivity index (χ0) is 23.1. The van der Waals surface area contributed by atoms with Gasteiger partial charge in [-0.2, -0.15) is 0 Å². The number of halogens is 1. The second-order valence-corrected chi connectivity index (χ2v) is 9.47. The summed E-state index contributed by atoms with van der Waals surface area (Å²) < 4.78 is 45.4. The molecule has 0 unspecified atom stereocenters. The van der Waals surface area contributed by atoms with Gasteiger partial charge in [-0.15, -0.1) is 0 Å². The number of hydrogen-bond acceptors (Lipinski definition) is 5. The second kappa shape index (κ2) is 10.2. The number of nitrogens with zero attached hydrogens (tertiary/aromatic N) is 1. The number of urea groups is 1. The predicted molar refractivity (Wildman–Crippen MR) is 119 cm³/mol. The Balaban J connectivity index is 1.68. The molecule has 0 saturated carbocycles. The first-order valence-electron chi connectivity index (χ1n) is 9.96. The van der Waals surface area contributed by atoms with Gasteiger partial charge in [-0.3, -0.25) is 4.98 Å². The lowest BCUT2D eigenvalue weighted by atomic mass is 10.2. The highest BCUT2D eigenvalue weighted by molar-refractivity contribution is 7.91. The molecule has 0 bridgehead atoms. The van der Waals surface area contributed by atoms with Gasteiger partial charge >= 0.3 is 6.03 Å².